The van der Waals surface area contributed by atoms with Crippen molar-refractivity contribution in [2.24, 2.45) is 0 Å². The third-order valence-corrected chi connectivity index (χ3v) is 3.20. The third kappa shape index (κ3) is 5.00. The Labute approximate surface area is 119 Å². The molecule has 0 aliphatic heterocycles. The Morgan fingerprint density at radius 1 is 1.50 bits per heavy atom. The summed E-state index contributed by atoms with van der Waals surface area (Å²) in [7, 11) is 1.85. The molecule has 2 N–H and O–H groups in total. The Balaban J connectivity index is 2.59. The van der Waals surface area contributed by atoms with Crippen LogP contribution in [0.5, 0.6) is 0 Å². The van der Waals surface area contributed by atoms with E-state index in [1.165, 1.54) is 0 Å². The number of amides is 1. The van der Waals surface area contributed by atoms with Gasteiger partial charge < -0.3 is 10.4 Å². The summed E-state index contributed by atoms with van der Waals surface area (Å²) in [6.07, 6.45) is 0.248. The summed E-state index contributed by atoms with van der Waals surface area (Å²) in [4.78, 5) is 14.0. The minimum Gasteiger partial charge on any atom is -0.393 e. The first-order valence-electron chi connectivity index (χ1n) is 6.63. The zero-order valence-corrected chi connectivity index (χ0v) is 12.1. The van der Waals surface area contributed by atoms with E-state index < -0.39 is 0 Å². The summed E-state index contributed by atoms with van der Waals surface area (Å²) in [6, 6.07) is 8.54. The highest BCUT2D eigenvalue weighted by Gasteiger charge is 2.18. The standard InChI is InChI=1S/C15H21N3O2/c1-11(19)7-8-18(3)12(2)15(20)17-14-6-4-5-13(9-14)10-16/h4-6,9,11-12,19H,7-8H2,1-3H3,(H,17,20). The van der Waals surface area contributed by atoms with Crippen LogP contribution in [-0.4, -0.2) is 41.7 Å². The molecule has 2 atom stereocenters. The van der Waals surface area contributed by atoms with Gasteiger partial charge in [-0.25, -0.2) is 0 Å². The quantitative estimate of drug-likeness (QED) is 0.826. The molecule has 0 fully saturated rings. The molecule has 0 heterocycles. The molecule has 1 rings (SSSR count). The van der Waals surface area contributed by atoms with E-state index in [4.69, 9.17) is 5.26 Å². The summed E-state index contributed by atoms with van der Waals surface area (Å²) in [6.45, 7) is 4.18. The van der Waals surface area contributed by atoms with Crippen LogP contribution in [0.1, 0.15) is 25.8 Å². The van der Waals surface area contributed by atoms with E-state index in [9.17, 15) is 9.90 Å². The van der Waals surface area contributed by atoms with E-state index in [-0.39, 0.29) is 18.1 Å². The number of carbonyl (C=O) groups is 1. The average molecular weight is 275 g/mol. The van der Waals surface area contributed by atoms with Crippen molar-refractivity contribution < 1.29 is 9.90 Å². The van der Waals surface area contributed by atoms with E-state index >= 15 is 0 Å². The number of aliphatic hydroxyl groups is 1. The van der Waals surface area contributed by atoms with Gasteiger partial charge in [0.15, 0.2) is 0 Å². The maximum atomic E-state index is 12.1. The number of nitriles is 1. The molecule has 1 aromatic rings. The Morgan fingerprint density at radius 2 is 2.20 bits per heavy atom. The van der Waals surface area contributed by atoms with E-state index in [0.717, 1.165) is 0 Å². The highest BCUT2D eigenvalue weighted by Crippen LogP contribution is 2.11. The molecule has 0 spiro atoms. The second kappa shape index (κ2) is 7.63. The summed E-state index contributed by atoms with van der Waals surface area (Å²) >= 11 is 0. The van der Waals surface area contributed by atoms with Crippen LogP contribution in [0.25, 0.3) is 0 Å². The minimum atomic E-state index is -0.375. The van der Waals surface area contributed by atoms with Gasteiger partial charge >= 0.3 is 0 Å². The molecule has 5 nitrogen and oxygen atoms in total. The van der Waals surface area contributed by atoms with Crippen LogP contribution in [0, 0.1) is 11.3 Å². The highest BCUT2D eigenvalue weighted by atomic mass is 16.3. The minimum absolute atomic E-state index is 0.131. The van der Waals surface area contributed by atoms with Crippen molar-refractivity contribution >= 4 is 11.6 Å². The Morgan fingerprint density at radius 3 is 2.80 bits per heavy atom. The first-order valence-corrected chi connectivity index (χ1v) is 6.63. The van der Waals surface area contributed by atoms with Crippen molar-refractivity contribution in [3.63, 3.8) is 0 Å². The van der Waals surface area contributed by atoms with E-state index in [1.54, 1.807) is 31.2 Å². The topological polar surface area (TPSA) is 76.4 Å². The van der Waals surface area contributed by atoms with Crippen LogP contribution in [0.2, 0.25) is 0 Å². The number of carbonyl (C=O) groups excluding carboxylic acids is 1. The van der Waals surface area contributed by atoms with Crippen LogP contribution in [0.4, 0.5) is 5.69 Å². The molecule has 0 saturated carbocycles. The van der Waals surface area contributed by atoms with Crippen molar-refractivity contribution in [1.29, 1.82) is 5.26 Å². The number of benzene rings is 1. The lowest BCUT2D eigenvalue weighted by atomic mass is 10.2. The normalized spacial score (nSPS) is 13.6. The number of anilines is 1. The average Bonchev–Trinajstić information content (AvgIpc) is 2.43. The highest BCUT2D eigenvalue weighted by molar-refractivity contribution is 5.94. The number of hydrogen-bond donors (Lipinski definition) is 2. The van der Waals surface area contributed by atoms with Crippen LogP contribution in [0.15, 0.2) is 24.3 Å². The monoisotopic (exact) mass is 275 g/mol. The van der Waals surface area contributed by atoms with Gasteiger partial charge in [-0.05, 0) is 45.5 Å². The molecule has 0 aliphatic carbocycles. The van der Waals surface area contributed by atoms with Gasteiger partial charge in [0.25, 0.3) is 0 Å². The number of nitrogens with zero attached hydrogens (tertiary/aromatic N) is 2. The fourth-order valence-corrected chi connectivity index (χ4v) is 1.70. The van der Waals surface area contributed by atoms with Gasteiger partial charge in [-0.15, -0.1) is 0 Å². The van der Waals surface area contributed by atoms with Crippen molar-refractivity contribution in [3.8, 4) is 6.07 Å². The molecular weight excluding hydrogens is 254 g/mol. The largest absolute Gasteiger partial charge is 0.393 e. The first kappa shape index (κ1) is 16.2. The SMILES string of the molecule is CC(O)CCN(C)C(C)C(=O)Nc1cccc(C#N)c1. The zero-order valence-electron chi connectivity index (χ0n) is 12.1. The molecule has 5 heteroatoms. The number of aliphatic hydroxyl groups excluding tert-OH is 1. The van der Waals surface area contributed by atoms with Crippen molar-refractivity contribution in [2.75, 3.05) is 18.9 Å². The van der Waals surface area contributed by atoms with Gasteiger partial charge in [0, 0.05) is 12.2 Å². The van der Waals surface area contributed by atoms with Gasteiger partial charge in [-0.3, -0.25) is 9.69 Å². The van der Waals surface area contributed by atoms with Crippen LogP contribution < -0.4 is 5.32 Å². The van der Waals surface area contributed by atoms with Gasteiger partial charge in [0.1, 0.15) is 0 Å². The van der Waals surface area contributed by atoms with Crippen molar-refractivity contribution in [3.05, 3.63) is 29.8 Å². The van der Waals surface area contributed by atoms with Crippen LogP contribution in [-0.2, 0) is 4.79 Å². The summed E-state index contributed by atoms with van der Waals surface area (Å²) in [5.41, 5.74) is 1.13. The number of nitrogens with one attached hydrogen (secondary N) is 1. The molecule has 0 aromatic heterocycles. The molecule has 0 radical (unpaired) electrons. The second-order valence-corrected chi connectivity index (χ2v) is 4.98. The molecule has 0 saturated heterocycles. The summed E-state index contributed by atoms with van der Waals surface area (Å²) in [5.74, 6) is -0.131. The lowest BCUT2D eigenvalue weighted by molar-refractivity contribution is -0.120. The lowest BCUT2D eigenvalue weighted by Gasteiger charge is -2.24. The Hall–Kier alpha value is -1.90. The zero-order chi connectivity index (χ0) is 15.1. The Kier molecular flexibility index (Phi) is 6.16. The molecule has 0 aliphatic rings. The third-order valence-electron chi connectivity index (χ3n) is 3.20. The molecule has 1 amide bonds. The number of likely N-dealkylation sites (N-methyl/N-ethyl adjacent to an activating group) is 1. The molecule has 20 heavy (non-hydrogen) atoms. The lowest BCUT2D eigenvalue weighted by Crippen LogP contribution is -2.40. The molecule has 2 unspecified atom stereocenters. The summed E-state index contributed by atoms with van der Waals surface area (Å²) < 4.78 is 0. The second-order valence-electron chi connectivity index (χ2n) is 4.98. The van der Waals surface area contributed by atoms with Gasteiger partial charge in [0.05, 0.1) is 23.8 Å². The molecule has 108 valence electrons. The van der Waals surface area contributed by atoms with Gasteiger partial charge in [-0.2, -0.15) is 5.26 Å². The predicted molar refractivity (Wildman–Crippen MR) is 78.2 cm³/mol. The summed E-state index contributed by atoms with van der Waals surface area (Å²) in [5, 5.41) is 20.9. The van der Waals surface area contributed by atoms with Gasteiger partial charge in [-0.1, -0.05) is 6.07 Å². The Bertz CT molecular complexity index is 494. The molecule has 0 bridgehead atoms. The predicted octanol–water partition coefficient (Wildman–Crippen LogP) is 1.59. The van der Waals surface area contributed by atoms with E-state index in [2.05, 4.69) is 5.32 Å². The number of rotatable bonds is 6. The van der Waals surface area contributed by atoms with Gasteiger partial charge in [0.2, 0.25) is 5.91 Å². The van der Waals surface area contributed by atoms with Crippen molar-refractivity contribution in [1.82, 2.24) is 4.90 Å². The fraction of sp³-hybridized carbons (Fsp3) is 0.467. The maximum absolute atomic E-state index is 12.1. The van der Waals surface area contributed by atoms with E-state index in [1.807, 2.05) is 24.9 Å². The fourth-order valence-electron chi connectivity index (χ4n) is 1.70. The number of hydrogen-bond acceptors (Lipinski definition) is 4. The molecule has 1 aromatic carbocycles. The van der Waals surface area contributed by atoms with Crippen LogP contribution >= 0.6 is 0 Å². The molecular formula is C15H21N3O2. The first-order chi connectivity index (χ1) is 9.43. The van der Waals surface area contributed by atoms with Crippen LogP contribution in [0.3, 0.4) is 0 Å². The van der Waals surface area contributed by atoms with E-state index in [0.29, 0.717) is 24.2 Å². The smallest absolute Gasteiger partial charge is 0.241 e. The maximum Gasteiger partial charge on any atom is 0.241 e. The van der Waals surface area contributed by atoms with Crippen molar-refractivity contribution in [2.45, 2.75) is 32.4 Å².